The molecule has 8 heteroatoms. The highest BCUT2D eigenvalue weighted by Crippen LogP contribution is 2.27. The molecule has 6 nitrogen and oxygen atoms in total. The maximum absolute atomic E-state index is 12.6. The minimum absolute atomic E-state index is 0.244. The van der Waals surface area contributed by atoms with Crippen LogP contribution in [0.15, 0.2) is 46.9 Å². The van der Waals surface area contributed by atoms with Crippen LogP contribution >= 0.6 is 28.1 Å². The first-order valence-corrected chi connectivity index (χ1v) is 10.2. The largest absolute Gasteiger partial charge is 0.496 e. The summed E-state index contributed by atoms with van der Waals surface area (Å²) in [6.07, 6.45) is 0. The SMILES string of the molecule is COc1ccc(Br)cc1C(=O)NC(=S)Nc1ccccc1N1CCN(C)CC1. The number of carbonyl (C=O) groups excluding carboxylic acids is 1. The molecule has 1 aliphatic heterocycles. The quantitative estimate of drug-likeness (QED) is 0.679. The van der Waals surface area contributed by atoms with Crippen molar-refractivity contribution in [3.05, 3.63) is 52.5 Å². The number of halogens is 1. The van der Waals surface area contributed by atoms with Gasteiger partial charge in [0.2, 0.25) is 0 Å². The third-order valence-electron chi connectivity index (χ3n) is 4.63. The Bertz CT molecular complexity index is 869. The fourth-order valence-electron chi connectivity index (χ4n) is 3.08. The van der Waals surface area contributed by atoms with Crippen molar-refractivity contribution in [3.8, 4) is 5.75 Å². The molecule has 1 fully saturated rings. The van der Waals surface area contributed by atoms with Crippen molar-refractivity contribution in [3.63, 3.8) is 0 Å². The van der Waals surface area contributed by atoms with E-state index in [-0.39, 0.29) is 11.0 Å². The van der Waals surface area contributed by atoms with Gasteiger partial charge in [-0.1, -0.05) is 28.1 Å². The number of carbonyl (C=O) groups is 1. The topological polar surface area (TPSA) is 56.8 Å². The molecular weight excluding hydrogens is 440 g/mol. The monoisotopic (exact) mass is 462 g/mol. The minimum Gasteiger partial charge on any atom is -0.496 e. The third-order valence-corrected chi connectivity index (χ3v) is 5.33. The molecule has 0 radical (unpaired) electrons. The molecule has 1 aliphatic rings. The maximum atomic E-state index is 12.6. The number of piperazine rings is 1. The van der Waals surface area contributed by atoms with Gasteiger partial charge in [0.05, 0.1) is 24.0 Å². The first-order chi connectivity index (χ1) is 13.5. The van der Waals surface area contributed by atoms with Gasteiger partial charge < -0.3 is 19.9 Å². The molecule has 1 heterocycles. The number of rotatable bonds is 4. The van der Waals surface area contributed by atoms with Crippen LogP contribution in [0.25, 0.3) is 0 Å². The molecular formula is C20H23BrN4O2S. The van der Waals surface area contributed by atoms with Crippen molar-refractivity contribution in [2.45, 2.75) is 0 Å². The van der Waals surface area contributed by atoms with Crippen molar-refractivity contribution in [2.24, 2.45) is 0 Å². The number of hydrogen-bond donors (Lipinski definition) is 2. The molecule has 0 aromatic heterocycles. The molecule has 0 spiro atoms. The molecule has 0 saturated carbocycles. The average Bonchev–Trinajstić information content (AvgIpc) is 2.69. The van der Waals surface area contributed by atoms with E-state index in [0.717, 1.165) is 42.0 Å². The van der Waals surface area contributed by atoms with Crippen LogP contribution in [-0.2, 0) is 0 Å². The van der Waals surface area contributed by atoms with Gasteiger partial charge in [-0.15, -0.1) is 0 Å². The van der Waals surface area contributed by atoms with Gasteiger partial charge in [0.1, 0.15) is 5.75 Å². The second-order valence-electron chi connectivity index (χ2n) is 6.56. The van der Waals surface area contributed by atoms with E-state index in [1.807, 2.05) is 24.3 Å². The Kier molecular flexibility index (Phi) is 6.88. The summed E-state index contributed by atoms with van der Waals surface area (Å²) >= 11 is 8.76. The highest BCUT2D eigenvalue weighted by molar-refractivity contribution is 9.10. The number of nitrogens with zero attached hydrogens (tertiary/aromatic N) is 2. The Hall–Kier alpha value is -2.16. The number of anilines is 2. The van der Waals surface area contributed by atoms with E-state index < -0.39 is 0 Å². The van der Waals surface area contributed by atoms with Gasteiger partial charge in [-0.3, -0.25) is 10.1 Å². The van der Waals surface area contributed by atoms with E-state index in [2.05, 4.69) is 49.5 Å². The van der Waals surface area contributed by atoms with Gasteiger partial charge in [-0.25, -0.2) is 0 Å². The van der Waals surface area contributed by atoms with Gasteiger partial charge in [0.15, 0.2) is 5.11 Å². The lowest BCUT2D eigenvalue weighted by molar-refractivity contribution is 0.0974. The summed E-state index contributed by atoms with van der Waals surface area (Å²) < 4.78 is 6.06. The summed E-state index contributed by atoms with van der Waals surface area (Å²) in [5, 5.41) is 6.15. The molecule has 0 unspecified atom stereocenters. The Morgan fingerprint density at radius 1 is 1.14 bits per heavy atom. The number of methoxy groups -OCH3 is 1. The maximum Gasteiger partial charge on any atom is 0.261 e. The minimum atomic E-state index is -0.326. The summed E-state index contributed by atoms with van der Waals surface area (Å²) in [5.74, 6) is 0.161. The number of benzene rings is 2. The third kappa shape index (κ3) is 5.01. The second kappa shape index (κ2) is 9.36. The predicted octanol–water partition coefficient (Wildman–Crippen LogP) is 3.34. The zero-order valence-electron chi connectivity index (χ0n) is 15.9. The molecule has 148 valence electrons. The normalized spacial score (nSPS) is 14.5. The molecule has 0 bridgehead atoms. The number of nitrogens with one attached hydrogen (secondary N) is 2. The zero-order valence-corrected chi connectivity index (χ0v) is 18.3. The van der Waals surface area contributed by atoms with E-state index in [1.54, 1.807) is 12.1 Å². The van der Waals surface area contributed by atoms with Crippen molar-refractivity contribution >= 4 is 50.5 Å². The van der Waals surface area contributed by atoms with E-state index in [9.17, 15) is 4.79 Å². The summed E-state index contributed by atoms with van der Waals surface area (Å²) in [4.78, 5) is 17.3. The Morgan fingerprint density at radius 2 is 1.86 bits per heavy atom. The second-order valence-corrected chi connectivity index (χ2v) is 7.88. The summed E-state index contributed by atoms with van der Waals surface area (Å²) in [6.45, 7) is 3.92. The van der Waals surface area contributed by atoms with Gasteiger partial charge in [-0.05, 0) is 49.6 Å². The van der Waals surface area contributed by atoms with E-state index >= 15 is 0 Å². The van der Waals surface area contributed by atoms with Gasteiger partial charge in [-0.2, -0.15) is 0 Å². The smallest absolute Gasteiger partial charge is 0.261 e. The van der Waals surface area contributed by atoms with Crippen LogP contribution in [0.5, 0.6) is 5.75 Å². The van der Waals surface area contributed by atoms with Crippen LogP contribution in [0.4, 0.5) is 11.4 Å². The molecule has 1 amide bonds. The molecule has 1 saturated heterocycles. The standard InChI is InChI=1S/C20H23BrN4O2S/c1-24-9-11-25(12-10-24)17-6-4-3-5-16(17)22-20(28)23-19(26)15-13-14(21)7-8-18(15)27-2/h3-8,13H,9-12H2,1-2H3,(H2,22,23,26,28). The average molecular weight is 463 g/mol. The first kappa shape index (κ1) is 20.6. The summed E-state index contributed by atoms with van der Waals surface area (Å²) in [6, 6.07) is 13.2. The van der Waals surface area contributed by atoms with Crippen molar-refractivity contribution in [1.82, 2.24) is 10.2 Å². The molecule has 28 heavy (non-hydrogen) atoms. The van der Waals surface area contributed by atoms with Crippen molar-refractivity contribution in [2.75, 3.05) is 50.6 Å². The van der Waals surface area contributed by atoms with Gasteiger partial charge >= 0.3 is 0 Å². The van der Waals surface area contributed by atoms with Crippen molar-refractivity contribution < 1.29 is 9.53 Å². The number of likely N-dealkylation sites (N-methyl/N-ethyl adjacent to an activating group) is 1. The predicted molar refractivity (Wildman–Crippen MR) is 121 cm³/mol. The van der Waals surface area contributed by atoms with E-state index in [0.29, 0.717) is 11.3 Å². The highest BCUT2D eigenvalue weighted by atomic mass is 79.9. The molecule has 2 N–H and O–H groups in total. The van der Waals surface area contributed by atoms with Crippen LogP contribution in [0, 0.1) is 0 Å². The number of hydrogen-bond acceptors (Lipinski definition) is 5. The Labute approximate surface area is 179 Å². The number of ether oxygens (including phenoxy) is 1. The number of amides is 1. The molecule has 2 aromatic carbocycles. The molecule has 3 rings (SSSR count). The van der Waals surface area contributed by atoms with E-state index in [1.165, 1.54) is 7.11 Å². The summed E-state index contributed by atoms with van der Waals surface area (Å²) in [7, 11) is 3.66. The number of thiocarbonyl (C=S) groups is 1. The van der Waals surface area contributed by atoms with Crippen LogP contribution in [0.2, 0.25) is 0 Å². The van der Waals surface area contributed by atoms with Crippen LogP contribution in [0.1, 0.15) is 10.4 Å². The molecule has 0 atom stereocenters. The first-order valence-electron chi connectivity index (χ1n) is 8.96. The lowest BCUT2D eigenvalue weighted by atomic mass is 10.2. The summed E-state index contributed by atoms with van der Waals surface area (Å²) in [5.41, 5.74) is 2.36. The van der Waals surface area contributed by atoms with Crippen LogP contribution in [0.3, 0.4) is 0 Å². The molecule has 2 aromatic rings. The lowest BCUT2D eigenvalue weighted by Crippen LogP contribution is -2.45. The Morgan fingerprint density at radius 3 is 2.57 bits per heavy atom. The van der Waals surface area contributed by atoms with Crippen LogP contribution < -0.4 is 20.3 Å². The van der Waals surface area contributed by atoms with Gasteiger partial charge in [0, 0.05) is 30.7 Å². The molecule has 0 aliphatic carbocycles. The fourth-order valence-corrected chi connectivity index (χ4v) is 3.65. The lowest BCUT2D eigenvalue weighted by Gasteiger charge is -2.35. The van der Waals surface area contributed by atoms with Crippen molar-refractivity contribution in [1.29, 1.82) is 0 Å². The van der Waals surface area contributed by atoms with E-state index in [4.69, 9.17) is 17.0 Å². The fraction of sp³-hybridized carbons (Fsp3) is 0.300. The number of para-hydroxylation sites is 2. The highest BCUT2D eigenvalue weighted by Gasteiger charge is 2.18. The zero-order chi connectivity index (χ0) is 20.1. The van der Waals surface area contributed by atoms with Crippen LogP contribution in [-0.4, -0.2) is 56.3 Å². The van der Waals surface area contributed by atoms with Gasteiger partial charge in [0.25, 0.3) is 5.91 Å². The Balaban J connectivity index is 1.70.